The summed E-state index contributed by atoms with van der Waals surface area (Å²) in [4.78, 5) is 2.50. The summed E-state index contributed by atoms with van der Waals surface area (Å²) < 4.78 is 0. The van der Waals surface area contributed by atoms with Gasteiger partial charge in [-0.2, -0.15) is 0 Å². The average molecular weight is 209 g/mol. The Morgan fingerprint density at radius 2 is 2.43 bits per heavy atom. The number of nitrogens with zero attached hydrogens (tertiary/aromatic N) is 1. The van der Waals surface area contributed by atoms with E-state index >= 15 is 0 Å². The first-order valence-corrected chi connectivity index (χ1v) is 6.62. The van der Waals surface area contributed by atoms with Crippen LogP contribution in [0.1, 0.15) is 32.6 Å². The van der Waals surface area contributed by atoms with Crippen molar-refractivity contribution in [3.8, 4) is 0 Å². The average Bonchev–Trinajstić information content (AvgIpc) is 2.65. The van der Waals surface area contributed by atoms with Crippen LogP contribution < -0.4 is 0 Å². The van der Waals surface area contributed by atoms with Crippen LogP contribution in [0.15, 0.2) is 23.3 Å². The van der Waals surface area contributed by atoms with E-state index in [1.165, 1.54) is 44.3 Å². The van der Waals surface area contributed by atoms with Crippen molar-refractivity contribution in [3.05, 3.63) is 23.3 Å². The van der Waals surface area contributed by atoms with Crippen molar-refractivity contribution in [2.24, 2.45) is 0 Å². The third-order valence-electron chi connectivity index (χ3n) is 2.93. The van der Waals surface area contributed by atoms with E-state index in [1.54, 1.807) is 0 Å². The van der Waals surface area contributed by atoms with Gasteiger partial charge in [-0.1, -0.05) is 25.8 Å². The molecule has 0 aromatic rings. The van der Waals surface area contributed by atoms with Crippen LogP contribution >= 0.6 is 11.8 Å². The summed E-state index contributed by atoms with van der Waals surface area (Å²) in [6, 6.07) is 0. The van der Waals surface area contributed by atoms with Crippen LogP contribution in [-0.4, -0.2) is 23.2 Å². The van der Waals surface area contributed by atoms with Gasteiger partial charge < -0.3 is 4.90 Å². The van der Waals surface area contributed by atoms with Gasteiger partial charge in [0, 0.05) is 24.5 Å². The third-order valence-corrected chi connectivity index (χ3v) is 4.06. The van der Waals surface area contributed by atoms with Crippen LogP contribution in [0.4, 0.5) is 0 Å². The van der Waals surface area contributed by atoms with Crippen molar-refractivity contribution in [1.82, 2.24) is 4.90 Å². The number of allylic oxidation sites excluding steroid dienone is 1. The van der Waals surface area contributed by atoms with Gasteiger partial charge in [0.25, 0.3) is 0 Å². The van der Waals surface area contributed by atoms with Gasteiger partial charge in [-0.25, -0.2) is 0 Å². The first-order chi connectivity index (χ1) is 6.90. The molecule has 78 valence electrons. The van der Waals surface area contributed by atoms with Gasteiger partial charge in [-0.05, 0) is 23.8 Å². The quantitative estimate of drug-likeness (QED) is 0.653. The van der Waals surface area contributed by atoms with E-state index in [9.17, 15) is 0 Å². The molecule has 14 heavy (non-hydrogen) atoms. The summed E-state index contributed by atoms with van der Waals surface area (Å²) in [6.45, 7) is 4.77. The lowest BCUT2D eigenvalue weighted by Crippen LogP contribution is -2.28. The van der Waals surface area contributed by atoms with Crippen LogP contribution in [-0.2, 0) is 0 Å². The Bertz CT molecular complexity index is 245. The Labute approximate surface area is 91.2 Å². The monoisotopic (exact) mass is 209 g/mol. The molecule has 0 radical (unpaired) electrons. The minimum atomic E-state index is 0.775. The fraction of sp³-hybridized carbons (Fsp3) is 0.667. The number of fused-ring (bicyclic) bond motifs is 1. The van der Waals surface area contributed by atoms with Crippen molar-refractivity contribution < 1.29 is 0 Å². The van der Waals surface area contributed by atoms with Crippen LogP contribution in [0.25, 0.3) is 0 Å². The molecule has 0 N–H and O–H groups in total. The molecule has 0 aromatic heterocycles. The van der Waals surface area contributed by atoms with E-state index < -0.39 is 0 Å². The molecule has 1 atom stereocenters. The first kappa shape index (κ1) is 10.2. The molecule has 0 aliphatic carbocycles. The molecule has 0 spiro atoms. The van der Waals surface area contributed by atoms with E-state index in [-0.39, 0.29) is 0 Å². The Kier molecular flexibility index (Phi) is 3.57. The second kappa shape index (κ2) is 4.92. The highest BCUT2D eigenvalue weighted by atomic mass is 32.2. The lowest BCUT2D eigenvalue weighted by atomic mass is 10.1. The lowest BCUT2D eigenvalue weighted by molar-refractivity contribution is 0.344. The molecule has 0 aromatic carbocycles. The fourth-order valence-corrected chi connectivity index (χ4v) is 3.02. The second-order valence-electron chi connectivity index (χ2n) is 4.09. The SMILES string of the molecule is CCCCCN1C=C2C=CSC2CC1. The highest BCUT2D eigenvalue weighted by molar-refractivity contribution is 8.03. The van der Waals surface area contributed by atoms with Gasteiger partial charge in [0.2, 0.25) is 0 Å². The smallest absolute Gasteiger partial charge is 0.0369 e. The molecule has 0 bridgehead atoms. The number of unbranched alkanes of at least 4 members (excludes halogenated alkanes) is 2. The summed E-state index contributed by atoms with van der Waals surface area (Å²) in [6.07, 6.45) is 10.0. The van der Waals surface area contributed by atoms with Crippen LogP contribution in [0.2, 0.25) is 0 Å². The van der Waals surface area contributed by atoms with Gasteiger partial charge in [0.05, 0.1) is 0 Å². The van der Waals surface area contributed by atoms with Crippen molar-refractivity contribution >= 4 is 11.8 Å². The molecule has 0 saturated carbocycles. The molecule has 0 saturated heterocycles. The van der Waals surface area contributed by atoms with Gasteiger partial charge in [-0.3, -0.25) is 0 Å². The third kappa shape index (κ3) is 2.35. The summed E-state index contributed by atoms with van der Waals surface area (Å²) in [5, 5.41) is 3.02. The van der Waals surface area contributed by atoms with E-state index in [0.29, 0.717) is 0 Å². The van der Waals surface area contributed by atoms with E-state index in [4.69, 9.17) is 0 Å². The molecule has 0 fully saturated rings. The van der Waals surface area contributed by atoms with Gasteiger partial charge >= 0.3 is 0 Å². The molecular weight excluding hydrogens is 190 g/mol. The highest BCUT2D eigenvalue weighted by Crippen LogP contribution is 2.34. The summed E-state index contributed by atoms with van der Waals surface area (Å²) in [5.74, 6) is 0. The zero-order chi connectivity index (χ0) is 9.80. The van der Waals surface area contributed by atoms with Crippen LogP contribution in [0.5, 0.6) is 0 Å². The molecule has 2 heteroatoms. The highest BCUT2D eigenvalue weighted by Gasteiger charge is 2.22. The molecule has 0 amide bonds. The van der Waals surface area contributed by atoms with E-state index in [0.717, 1.165) is 5.25 Å². The Hall–Kier alpha value is -0.370. The summed E-state index contributed by atoms with van der Waals surface area (Å²) in [7, 11) is 0. The van der Waals surface area contributed by atoms with Crippen LogP contribution in [0, 0.1) is 0 Å². The largest absolute Gasteiger partial charge is 0.377 e. The van der Waals surface area contributed by atoms with Crippen molar-refractivity contribution in [2.75, 3.05) is 13.1 Å². The maximum atomic E-state index is 2.50. The van der Waals surface area contributed by atoms with E-state index in [2.05, 4.69) is 29.5 Å². The van der Waals surface area contributed by atoms with Crippen LogP contribution in [0.3, 0.4) is 0 Å². The van der Waals surface area contributed by atoms with Gasteiger partial charge in [-0.15, -0.1) is 11.8 Å². The second-order valence-corrected chi connectivity index (χ2v) is 5.20. The lowest BCUT2D eigenvalue weighted by Gasteiger charge is -2.28. The molecule has 2 aliphatic rings. The number of hydrogen-bond acceptors (Lipinski definition) is 2. The van der Waals surface area contributed by atoms with Gasteiger partial charge in [0.1, 0.15) is 0 Å². The maximum absolute atomic E-state index is 2.50. The minimum Gasteiger partial charge on any atom is -0.377 e. The zero-order valence-electron chi connectivity index (χ0n) is 8.91. The Morgan fingerprint density at radius 3 is 3.29 bits per heavy atom. The predicted octanol–water partition coefficient (Wildman–Crippen LogP) is 3.40. The maximum Gasteiger partial charge on any atom is 0.0369 e. The molecule has 1 nitrogen and oxygen atoms in total. The minimum absolute atomic E-state index is 0.775. The van der Waals surface area contributed by atoms with Crippen molar-refractivity contribution in [3.63, 3.8) is 0 Å². The van der Waals surface area contributed by atoms with E-state index in [1.807, 2.05) is 11.8 Å². The molecule has 2 rings (SSSR count). The summed E-state index contributed by atoms with van der Waals surface area (Å²) >= 11 is 1.98. The van der Waals surface area contributed by atoms with Crippen molar-refractivity contribution in [2.45, 2.75) is 37.9 Å². The molecular formula is C12H19NS. The molecule has 1 unspecified atom stereocenters. The number of hydrogen-bond donors (Lipinski definition) is 0. The zero-order valence-corrected chi connectivity index (χ0v) is 9.72. The predicted molar refractivity (Wildman–Crippen MR) is 64.3 cm³/mol. The molecule has 2 aliphatic heterocycles. The standard InChI is InChI=1S/C12H19NS/c1-2-3-4-7-13-8-5-12-11(10-13)6-9-14-12/h6,9-10,12H,2-5,7-8H2,1H3. The Morgan fingerprint density at radius 1 is 1.50 bits per heavy atom. The van der Waals surface area contributed by atoms with Gasteiger partial charge in [0.15, 0.2) is 0 Å². The topological polar surface area (TPSA) is 3.24 Å². The normalized spacial score (nSPS) is 25.1. The molecule has 2 heterocycles. The van der Waals surface area contributed by atoms with Crippen molar-refractivity contribution in [1.29, 1.82) is 0 Å². The fourth-order valence-electron chi connectivity index (χ4n) is 2.06. The first-order valence-electron chi connectivity index (χ1n) is 5.68. The number of thioether (sulfide) groups is 1. The summed E-state index contributed by atoms with van der Waals surface area (Å²) in [5.41, 5.74) is 1.54. The Balaban J connectivity index is 1.83. The number of rotatable bonds is 4.